The highest BCUT2D eigenvalue weighted by atomic mass is 16.5. The number of nitrogens with zero attached hydrogens (tertiary/aromatic N) is 1. The normalized spacial score (nSPS) is 11.1. The third kappa shape index (κ3) is 66.1. The highest BCUT2D eigenvalue weighted by Gasteiger charge is 2.07. The van der Waals surface area contributed by atoms with E-state index in [1.807, 2.05) is 0 Å². The molecule has 0 fully saturated rings. The van der Waals surface area contributed by atoms with Gasteiger partial charge in [0.05, 0.1) is 12.4 Å². The molecule has 0 aromatic carbocycles. The minimum Gasteiger partial charge on any atom is -0.499 e. The Morgan fingerprint density at radius 1 is 0.371 bits per heavy atom. The number of ether oxygens (including phenoxy) is 2. The summed E-state index contributed by atoms with van der Waals surface area (Å²) >= 11 is 0. The van der Waals surface area contributed by atoms with E-state index in [-0.39, 0.29) is 29.7 Å². The van der Waals surface area contributed by atoms with Crippen molar-refractivity contribution in [1.29, 1.82) is 0 Å². The third-order valence-electron chi connectivity index (χ3n) is 12.2. The first-order valence-electron chi connectivity index (χ1n) is 27.2. The highest BCUT2D eigenvalue weighted by Crippen LogP contribution is 2.16. The average Bonchev–Trinajstić information content (AvgIpc) is 3.22. The molecule has 382 valence electrons. The fraction of sp³-hybridized carbons (Fsp3) is 0.966. The molecule has 3 nitrogen and oxygen atoms in total. The Morgan fingerprint density at radius 3 is 1.03 bits per heavy atom. The van der Waals surface area contributed by atoms with E-state index in [1.54, 1.807) is 0 Å². The lowest BCUT2D eigenvalue weighted by Gasteiger charge is -2.22. The van der Waals surface area contributed by atoms with Crippen LogP contribution in [0.25, 0.3) is 0 Å². The van der Waals surface area contributed by atoms with Crippen molar-refractivity contribution in [1.82, 2.24) is 4.90 Å². The van der Waals surface area contributed by atoms with Crippen LogP contribution in [0.1, 0.15) is 328 Å². The van der Waals surface area contributed by atoms with Gasteiger partial charge in [0.25, 0.3) is 0 Å². The lowest BCUT2D eigenvalue weighted by atomic mass is 10.0. The fourth-order valence-electron chi connectivity index (χ4n) is 8.08. The predicted molar refractivity (Wildman–Crippen MR) is 291 cm³/mol. The lowest BCUT2D eigenvalue weighted by Crippen LogP contribution is -2.27. The van der Waals surface area contributed by atoms with Crippen LogP contribution < -0.4 is 0 Å². The van der Waals surface area contributed by atoms with Crippen molar-refractivity contribution in [3.8, 4) is 0 Å². The lowest BCUT2D eigenvalue weighted by molar-refractivity contribution is 0.0976. The molecule has 0 radical (unpaired) electrons. The van der Waals surface area contributed by atoms with Gasteiger partial charge in [0, 0.05) is 19.6 Å². The molecule has 0 amide bonds. The van der Waals surface area contributed by atoms with E-state index in [4.69, 9.17) is 9.47 Å². The van der Waals surface area contributed by atoms with Crippen LogP contribution in [0.3, 0.4) is 0 Å². The molecule has 0 aliphatic rings. The summed E-state index contributed by atoms with van der Waals surface area (Å²) in [4.78, 5) is 2.82. The summed E-state index contributed by atoms with van der Waals surface area (Å²) in [5, 5.41) is 0. The second-order valence-electron chi connectivity index (χ2n) is 18.6. The molecular formula is C59H129NO2. The maximum Gasteiger partial charge on any atom is 0.0888 e. The van der Waals surface area contributed by atoms with E-state index in [0.717, 1.165) is 32.0 Å². The molecule has 62 heavy (non-hydrogen) atoms. The van der Waals surface area contributed by atoms with Gasteiger partial charge in [0.15, 0.2) is 0 Å². The summed E-state index contributed by atoms with van der Waals surface area (Å²) in [5.41, 5.74) is 0. The van der Waals surface area contributed by atoms with Crippen molar-refractivity contribution in [2.24, 2.45) is 5.92 Å². The number of rotatable bonds is 49. The molecule has 0 bridgehead atoms. The Hall–Kier alpha value is -0.540. The van der Waals surface area contributed by atoms with Crippen molar-refractivity contribution in [3.05, 3.63) is 12.3 Å². The van der Waals surface area contributed by atoms with Gasteiger partial charge in [-0.3, -0.25) is 0 Å². The van der Waals surface area contributed by atoms with E-state index in [9.17, 15) is 0 Å². The zero-order chi connectivity index (χ0) is 42.7. The first-order valence-corrected chi connectivity index (χ1v) is 27.2. The van der Waals surface area contributed by atoms with Crippen molar-refractivity contribution in [3.63, 3.8) is 0 Å². The molecular weight excluding hydrogens is 755 g/mol. The topological polar surface area (TPSA) is 21.7 Å². The van der Waals surface area contributed by atoms with Gasteiger partial charge in [0.2, 0.25) is 0 Å². The summed E-state index contributed by atoms with van der Waals surface area (Å²) in [5.74, 6) is 1.73. The van der Waals surface area contributed by atoms with E-state index >= 15 is 0 Å². The Balaban J connectivity index is -0.000000538. The second-order valence-corrected chi connectivity index (χ2v) is 18.6. The van der Waals surface area contributed by atoms with Crippen LogP contribution in [0, 0.1) is 5.92 Å². The number of allylic oxidation sites excluding steroid dienone is 1. The molecule has 0 N–H and O–H groups in total. The van der Waals surface area contributed by atoms with Gasteiger partial charge in [-0.2, -0.15) is 0 Å². The second kappa shape index (κ2) is 67.1. The molecule has 1 unspecified atom stereocenters. The van der Waals surface area contributed by atoms with Crippen LogP contribution in [0.2, 0.25) is 0 Å². The predicted octanol–water partition coefficient (Wildman–Crippen LogP) is 21.7. The smallest absolute Gasteiger partial charge is 0.0888 e. The highest BCUT2D eigenvalue weighted by molar-refractivity contribution is 4.81. The van der Waals surface area contributed by atoms with Crippen molar-refractivity contribution in [2.75, 3.05) is 39.5 Å². The third-order valence-corrected chi connectivity index (χ3v) is 12.2. The average molecular weight is 885 g/mol. The SMILES string of the molecule is C.C.C.C.C=C(CCCCCCCN(CCCCCCCCC)CCCCCCCC(C)COCCCCCCCCC)OCCCCCCCCC.CCCCCCCCC. The van der Waals surface area contributed by atoms with E-state index in [1.165, 1.54) is 270 Å². The van der Waals surface area contributed by atoms with Gasteiger partial charge in [-0.05, 0) is 70.5 Å². The van der Waals surface area contributed by atoms with Crippen LogP contribution >= 0.6 is 0 Å². The molecule has 0 aromatic heterocycles. The maximum atomic E-state index is 5.99. The summed E-state index contributed by atoms with van der Waals surface area (Å²) in [6.45, 7) is 24.7. The van der Waals surface area contributed by atoms with Gasteiger partial charge < -0.3 is 14.4 Å². The Bertz CT molecular complexity index is 719. The first-order chi connectivity index (χ1) is 28.5. The Morgan fingerprint density at radius 2 is 0.661 bits per heavy atom. The maximum absolute atomic E-state index is 5.99. The van der Waals surface area contributed by atoms with Crippen LogP contribution in [0.4, 0.5) is 0 Å². The first kappa shape index (κ1) is 73.0. The quantitative estimate of drug-likeness (QED) is 0.0449. The summed E-state index contributed by atoms with van der Waals surface area (Å²) < 4.78 is 11.9. The van der Waals surface area contributed by atoms with Crippen molar-refractivity contribution >= 4 is 0 Å². The fourth-order valence-corrected chi connectivity index (χ4v) is 8.08. The molecule has 0 aromatic rings. The summed E-state index contributed by atoms with van der Waals surface area (Å²) in [7, 11) is 0. The van der Waals surface area contributed by atoms with E-state index < -0.39 is 0 Å². The number of unbranched alkanes of at least 4 members (excludes halogenated alkanes) is 32. The molecule has 0 spiro atoms. The zero-order valence-electron chi connectivity index (χ0n) is 41.6. The van der Waals surface area contributed by atoms with E-state index in [0.29, 0.717) is 5.92 Å². The van der Waals surface area contributed by atoms with Crippen molar-refractivity contribution < 1.29 is 9.47 Å². The molecule has 0 saturated carbocycles. The van der Waals surface area contributed by atoms with Crippen LogP contribution in [0.5, 0.6) is 0 Å². The Labute approximate surface area is 398 Å². The zero-order valence-corrected chi connectivity index (χ0v) is 41.6. The molecule has 0 saturated heterocycles. The minimum atomic E-state index is 0. The molecule has 0 aliphatic carbocycles. The standard InChI is InChI=1S/C46H93NO2.C9H20.4CH4/c1-6-9-12-15-18-25-32-39-47(41-34-27-22-24-31-38-46(5)49-43-36-29-20-17-14-11-8-3)40-33-26-21-23-30-37-45(4)44-48-42-35-28-19-16-13-10-7-2;1-3-5-7-9-8-6-4-2;;;;/h45H,5-44H2,1-4H3;3-9H2,1-2H3;4*1H4. The number of hydrogen-bond donors (Lipinski definition) is 0. The molecule has 0 rings (SSSR count). The number of hydrogen-bond acceptors (Lipinski definition) is 3. The summed E-state index contributed by atoms with van der Waals surface area (Å²) in [6, 6.07) is 0. The van der Waals surface area contributed by atoms with Gasteiger partial charge in [-0.15, -0.1) is 0 Å². The van der Waals surface area contributed by atoms with Gasteiger partial charge in [-0.1, -0.05) is 283 Å². The molecule has 0 aliphatic heterocycles. The molecule has 0 heterocycles. The summed E-state index contributed by atoms with van der Waals surface area (Å²) in [6.07, 6.45) is 54.8. The van der Waals surface area contributed by atoms with E-state index in [2.05, 4.69) is 53.0 Å². The largest absolute Gasteiger partial charge is 0.499 e. The van der Waals surface area contributed by atoms with Gasteiger partial charge in [-0.25, -0.2) is 0 Å². The van der Waals surface area contributed by atoms with Crippen LogP contribution in [0.15, 0.2) is 12.3 Å². The Kier molecular flexibility index (Phi) is 79.0. The monoisotopic (exact) mass is 884 g/mol. The van der Waals surface area contributed by atoms with Gasteiger partial charge >= 0.3 is 0 Å². The molecule has 1 atom stereocenters. The van der Waals surface area contributed by atoms with Gasteiger partial charge in [0.1, 0.15) is 0 Å². The van der Waals surface area contributed by atoms with Crippen LogP contribution in [-0.2, 0) is 9.47 Å². The van der Waals surface area contributed by atoms with Crippen molar-refractivity contribution in [2.45, 2.75) is 328 Å². The molecule has 3 heteroatoms. The van der Waals surface area contributed by atoms with Crippen LogP contribution in [-0.4, -0.2) is 44.4 Å². The minimum absolute atomic E-state index is 0.